The van der Waals surface area contributed by atoms with E-state index in [1.165, 1.54) is 6.07 Å². The number of phenolic OH excluding ortho intramolecular Hbond substituents is 1. The van der Waals surface area contributed by atoms with Crippen LogP contribution >= 0.6 is 11.6 Å². The van der Waals surface area contributed by atoms with Crippen molar-refractivity contribution in [3.8, 4) is 5.75 Å². The number of hydrazine groups is 1. The molecule has 0 aromatic heterocycles. The van der Waals surface area contributed by atoms with Gasteiger partial charge in [-0.3, -0.25) is 15.0 Å². The fraction of sp³-hybridized carbons (Fsp3) is 0.125. The van der Waals surface area contributed by atoms with Crippen LogP contribution in [0.2, 0.25) is 0 Å². The van der Waals surface area contributed by atoms with E-state index in [2.05, 4.69) is 5.43 Å². The minimum absolute atomic E-state index is 0.0161. The van der Waals surface area contributed by atoms with Gasteiger partial charge in [-0.1, -0.05) is 18.2 Å². The van der Waals surface area contributed by atoms with Crippen molar-refractivity contribution in [3.63, 3.8) is 0 Å². The van der Waals surface area contributed by atoms with Crippen molar-refractivity contribution in [1.29, 1.82) is 0 Å². The summed E-state index contributed by atoms with van der Waals surface area (Å²) in [7, 11) is 0. The van der Waals surface area contributed by atoms with Crippen molar-refractivity contribution in [1.82, 2.24) is 10.4 Å². The van der Waals surface area contributed by atoms with Crippen LogP contribution in [0.3, 0.4) is 0 Å². The number of amides is 2. The van der Waals surface area contributed by atoms with Crippen LogP contribution in [0.5, 0.6) is 5.75 Å². The number of nitrogen functional groups attached to an aromatic ring is 1. The van der Waals surface area contributed by atoms with E-state index in [1.807, 2.05) is 0 Å². The average Bonchev–Trinajstić information content (AvgIpc) is 2.56. The van der Waals surface area contributed by atoms with Gasteiger partial charge in [0.05, 0.1) is 0 Å². The number of hydrogen-bond donors (Lipinski definition) is 3. The lowest BCUT2D eigenvalue weighted by atomic mass is 9.94. The zero-order valence-corrected chi connectivity index (χ0v) is 12.7. The fourth-order valence-electron chi connectivity index (χ4n) is 2.42. The first kappa shape index (κ1) is 15.2. The SMILES string of the molecule is Nc1ccc(C(=O)NN2C(=O)[C@@H](Cl)[C@H]2c2ccccc2O)cc1. The Balaban J connectivity index is 1.81. The van der Waals surface area contributed by atoms with E-state index in [-0.39, 0.29) is 5.75 Å². The Hall–Kier alpha value is -2.73. The molecule has 0 spiro atoms. The van der Waals surface area contributed by atoms with Gasteiger partial charge in [0, 0.05) is 16.8 Å². The summed E-state index contributed by atoms with van der Waals surface area (Å²) in [6.07, 6.45) is 0. The molecule has 4 N–H and O–H groups in total. The van der Waals surface area contributed by atoms with Gasteiger partial charge in [0.15, 0.2) is 0 Å². The van der Waals surface area contributed by atoms with E-state index in [0.29, 0.717) is 16.8 Å². The Kier molecular flexibility index (Phi) is 3.83. The topological polar surface area (TPSA) is 95.7 Å². The van der Waals surface area contributed by atoms with E-state index >= 15 is 0 Å². The Morgan fingerprint density at radius 3 is 2.48 bits per heavy atom. The number of aromatic hydroxyl groups is 1. The van der Waals surface area contributed by atoms with E-state index < -0.39 is 23.2 Å². The maximum absolute atomic E-state index is 12.2. The smallest absolute Gasteiger partial charge is 0.269 e. The Bertz CT molecular complexity index is 763. The third-order valence-corrected chi connectivity index (χ3v) is 4.10. The second-order valence-corrected chi connectivity index (χ2v) is 5.65. The molecule has 3 rings (SSSR count). The minimum atomic E-state index is -0.838. The number of carbonyl (C=O) groups excluding carboxylic acids is 2. The largest absolute Gasteiger partial charge is 0.508 e. The van der Waals surface area contributed by atoms with Crippen LogP contribution in [0.4, 0.5) is 5.69 Å². The molecule has 2 aromatic rings. The molecule has 1 fully saturated rings. The number of alkyl halides is 1. The van der Waals surface area contributed by atoms with Gasteiger partial charge in [0.1, 0.15) is 17.2 Å². The molecule has 1 aliphatic rings. The quantitative estimate of drug-likeness (QED) is 0.454. The van der Waals surface area contributed by atoms with Crippen molar-refractivity contribution >= 4 is 29.1 Å². The monoisotopic (exact) mass is 331 g/mol. The number of rotatable bonds is 3. The van der Waals surface area contributed by atoms with Crippen LogP contribution in [0, 0.1) is 0 Å². The van der Waals surface area contributed by atoms with Gasteiger partial charge in [-0.2, -0.15) is 0 Å². The number of carbonyl (C=O) groups is 2. The van der Waals surface area contributed by atoms with Gasteiger partial charge in [-0.05, 0) is 30.3 Å². The standard InChI is InChI=1S/C16H14ClN3O3/c17-13-14(11-3-1-2-4-12(11)21)20(16(13)23)19-15(22)9-5-7-10(18)8-6-9/h1-8,13-14,21H,18H2,(H,19,22)/t13-,14+/m0/s1. The highest BCUT2D eigenvalue weighted by Gasteiger charge is 2.49. The number of nitrogens with two attached hydrogens (primary N) is 1. The first-order valence-corrected chi connectivity index (χ1v) is 7.34. The highest BCUT2D eigenvalue weighted by molar-refractivity contribution is 6.33. The highest BCUT2D eigenvalue weighted by Crippen LogP contribution is 2.40. The Labute approximate surface area is 137 Å². The number of para-hydroxylation sites is 1. The molecule has 0 aliphatic carbocycles. The molecule has 0 bridgehead atoms. The molecule has 118 valence electrons. The first-order chi connectivity index (χ1) is 11.0. The van der Waals surface area contributed by atoms with Crippen molar-refractivity contribution < 1.29 is 14.7 Å². The van der Waals surface area contributed by atoms with Gasteiger partial charge in [0.25, 0.3) is 11.8 Å². The van der Waals surface area contributed by atoms with Crippen molar-refractivity contribution in [2.45, 2.75) is 11.4 Å². The molecular weight excluding hydrogens is 318 g/mol. The maximum Gasteiger partial charge on any atom is 0.269 e. The lowest BCUT2D eigenvalue weighted by molar-refractivity contribution is -0.149. The highest BCUT2D eigenvalue weighted by atomic mass is 35.5. The number of nitrogens with zero attached hydrogens (tertiary/aromatic N) is 1. The Morgan fingerprint density at radius 2 is 1.83 bits per heavy atom. The molecule has 2 amide bonds. The van der Waals surface area contributed by atoms with Crippen LogP contribution in [0.15, 0.2) is 48.5 Å². The van der Waals surface area contributed by atoms with E-state index in [9.17, 15) is 14.7 Å². The summed E-state index contributed by atoms with van der Waals surface area (Å²) in [6, 6.07) is 12.2. The number of nitrogens with one attached hydrogen (secondary N) is 1. The molecule has 6 nitrogen and oxygen atoms in total. The third kappa shape index (κ3) is 2.68. The number of hydrogen-bond acceptors (Lipinski definition) is 4. The predicted molar refractivity (Wildman–Crippen MR) is 85.7 cm³/mol. The zero-order valence-electron chi connectivity index (χ0n) is 11.9. The van der Waals surface area contributed by atoms with E-state index in [1.54, 1.807) is 42.5 Å². The number of benzene rings is 2. The molecule has 0 saturated carbocycles. The lowest BCUT2D eigenvalue weighted by Crippen LogP contribution is -2.63. The normalized spacial score (nSPS) is 20.0. The maximum atomic E-state index is 12.2. The second kappa shape index (κ2) is 5.81. The van der Waals surface area contributed by atoms with Crippen LogP contribution in [-0.4, -0.2) is 27.3 Å². The third-order valence-electron chi connectivity index (χ3n) is 3.68. The molecule has 2 atom stereocenters. The summed E-state index contributed by atoms with van der Waals surface area (Å²) in [4.78, 5) is 24.2. The summed E-state index contributed by atoms with van der Waals surface area (Å²) in [5, 5.41) is 10.2. The molecule has 7 heteroatoms. The zero-order chi connectivity index (χ0) is 16.6. The van der Waals surface area contributed by atoms with Gasteiger partial charge in [-0.25, -0.2) is 5.01 Å². The molecule has 1 heterocycles. The van der Waals surface area contributed by atoms with Gasteiger partial charge in [-0.15, -0.1) is 11.6 Å². The summed E-state index contributed by atoms with van der Waals surface area (Å²) in [5.41, 5.74) is 9.47. The minimum Gasteiger partial charge on any atom is -0.508 e. The molecule has 23 heavy (non-hydrogen) atoms. The van der Waals surface area contributed by atoms with Gasteiger partial charge in [0.2, 0.25) is 0 Å². The second-order valence-electron chi connectivity index (χ2n) is 5.18. The number of anilines is 1. The summed E-state index contributed by atoms with van der Waals surface area (Å²) in [5.74, 6) is -0.867. The van der Waals surface area contributed by atoms with Crippen LogP contribution in [0.1, 0.15) is 22.0 Å². The number of phenols is 1. The molecule has 0 radical (unpaired) electrons. The summed E-state index contributed by atoms with van der Waals surface area (Å²) >= 11 is 6.05. The molecule has 1 saturated heterocycles. The Morgan fingerprint density at radius 1 is 1.17 bits per heavy atom. The average molecular weight is 332 g/mol. The number of β-lactam (4-membered cyclic amide) rings is 1. The van der Waals surface area contributed by atoms with E-state index in [0.717, 1.165) is 5.01 Å². The molecular formula is C16H14ClN3O3. The van der Waals surface area contributed by atoms with Crippen molar-refractivity contribution in [2.75, 3.05) is 5.73 Å². The van der Waals surface area contributed by atoms with E-state index in [4.69, 9.17) is 17.3 Å². The number of halogens is 1. The molecule has 2 aromatic carbocycles. The van der Waals surface area contributed by atoms with Crippen LogP contribution in [-0.2, 0) is 4.79 Å². The predicted octanol–water partition coefficient (Wildman–Crippen LogP) is 1.81. The fourth-order valence-corrected chi connectivity index (χ4v) is 2.77. The summed E-state index contributed by atoms with van der Waals surface area (Å²) in [6.45, 7) is 0. The van der Waals surface area contributed by atoms with Crippen molar-refractivity contribution in [2.24, 2.45) is 0 Å². The lowest BCUT2D eigenvalue weighted by Gasteiger charge is -2.44. The van der Waals surface area contributed by atoms with Gasteiger partial charge >= 0.3 is 0 Å². The van der Waals surface area contributed by atoms with Crippen LogP contribution < -0.4 is 11.2 Å². The van der Waals surface area contributed by atoms with Crippen molar-refractivity contribution in [3.05, 3.63) is 59.7 Å². The first-order valence-electron chi connectivity index (χ1n) is 6.90. The summed E-state index contributed by atoms with van der Waals surface area (Å²) < 4.78 is 0. The molecule has 0 unspecified atom stereocenters. The molecule has 1 aliphatic heterocycles. The van der Waals surface area contributed by atoms with Gasteiger partial charge < -0.3 is 10.8 Å². The van der Waals surface area contributed by atoms with Crippen LogP contribution in [0.25, 0.3) is 0 Å².